The number of pyridine rings is 1. The summed E-state index contributed by atoms with van der Waals surface area (Å²) in [7, 11) is 0. The Labute approximate surface area is 95.2 Å². The SMILES string of the molecule is O=C(NNc1ncccc1Cl)c1cn[nH]n1. The molecule has 0 aliphatic heterocycles. The molecular weight excluding hydrogens is 232 g/mol. The first-order valence-electron chi connectivity index (χ1n) is 4.30. The fourth-order valence-electron chi connectivity index (χ4n) is 0.969. The molecule has 7 nitrogen and oxygen atoms in total. The van der Waals surface area contributed by atoms with E-state index in [0.29, 0.717) is 10.8 Å². The van der Waals surface area contributed by atoms with E-state index in [1.54, 1.807) is 18.3 Å². The minimum absolute atomic E-state index is 0.166. The molecule has 0 saturated heterocycles. The predicted molar refractivity (Wildman–Crippen MR) is 56.7 cm³/mol. The third-order valence-corrected chi connectivity index (χ3v) is 2.01. The zero-order valence-corrected chi connectivity index (χ0v) is 8.69. The number of carbonyl (C=O) groups excluding carboxylic acids is 1. The molecule has 2 aromatic rings. The number of nitrogens with zero attached hydrogens (tertiary/aromatic N) is 3. The lowest BCUT2D eigenvalue weighted by atomic mass is 10.4. The van der Waals surface area contributed by atoms with Gasteiger partial charge >= 0.3 is 0 Å². The van der Waals surface area contributed by atoms with Crippen molar-refractivity contribution in [3.8, 4) is 0 Å². The number of rotatable bonds is 3. The average molecular weight is 239 g/mol. The number of H-pyrrole nitrogens is 1. The highest BCUT2D eigenvalue weighted by atomic mass is 35.5. The van der Waals surface area contributed by atoms with Gasteiger partial charge in [0.15, 0.2) is 11.5 Å². The topological polar surface area (TPSA) is 95.6 Å². The average Bonchev–Trinajstić information content (AvgIpc) is 2.81. The Morgan fingerprint density at radius 2 is 2.38 bits per heavy atom. The van der Waals surface area contributed by atoms with Crippen LogP contribution in [0.5, 0.6) is 0 Å². The minimum atomic E-state index is -0.435. The van der Waals surface area contributed by atoms with Crippen molar-refractivity contribution in [2.45, 2.75) is 0 Å². The summed E-state index contributed by atoms with van der Waals surface area (Å²) in [5, 5.41) is 9.85. The van der Waals surface area contributed by atoms with Crippen LogP contribution in [0.25, 0.3) is 0 Å². The lowest BCUT2D eigenvalue weighted by Crippen LogP contribution is -2.30. The van der Waals surface area contributed by atoms with Gasteiger partial charge in [0, 0.05) is 6.20 Å². The first-order chi connectivity index (χ1) is 7.77. The maximum atomic E-state index is 11.4. The van der Waals surface area contributed by atoms with E-state index in [1.807, 2.05) is 0 Å². The summed E-state index contributed by atoms with van der Waals surface area (Å²) in [6.45, 7) is 0. The summed E-state index contributed by atoms with van der Waals surface area (Å²) >= 11 is 5.82. The summed E-state index contributed by atoms with van der Waals surface area (Å²) in [6.07, 6.45) is 2.85. The van der Waals surface area contributed by atoms with Crippen LogP contribution in [-0.2, 0) is 0 Å². The molecule has 2 aromatic heterocycles. The van der Waals surface area contributed by atoms with Crippen molar-refractivity contribution in [2.24, 2.45) is 0 Å². The van der Waals surface area contributed by atoms with Gasteiger partial charge in [-0.3, -0.25) is 15.6 Å². The van der Waals surface area contributed by atoms with E-state index in [-0.39, 0.29) is 5.69 Å². The van der Waals surface area contributed by atoms with Crippen molar-refractivity contribution in [1.29, 1.82) is 0 Å². The molecule has 0 atom stereocenters. The summed E-state index contributed by atoms with van der Waals surface area (Å²) in [6, 6.07) is 3.34. The molecule has 0 unspecified atom stereocenters. The van der Waals surface area contributed by atoms with E-state index in [9.17, 15) is 4.79 Å². The molecule has 2 rings (SSSR count). The number of hydrogen-bond donors (Lipinski definition) is 3. The lowest BCUT2D eigenvalue weighted by molar-refractivity contribution is 0.0957. The molecule has 3 N–H and O–H groups in total. The molecular formula is C8H7ClN6O. The van der Waals surface area contributed by atoms with E-state index >= 15 is 0 Å². The Kier molecular flexibility index (Phi) is 2.97. The zero-order chi connectivity index (χ0) is 11.4. The Hall–Kier alpha value is -2.15. The molecule has 0 saturated carbocycles. The van der Waals surface area contributed by atoms with Crippen LogP contribution < -0.4 is 10.9 Å². The number of halogens is 1. The number of anilines is 1. The molecule has 8 heteroatoms. The van der Waals surface area contributed by atoms with Gasteiger partial charge in [0.25, 0.3) is 5.91 Å². The molecule has 16 heavy (non-hydrogen) atoms. The Morgan fingerprint density at radius 1 is 1.50 bits per heavy atom. The van der Waals surface area contributed by atoms with Crippen molar-refractivity contribution in [3.63, 3.8) is 0 Å². The summed E-state index contributed by atoms with van der Waals surface area (Å²) in [5.74, 6) is -0.0727. The quantitative estimate of drug-likeness (QED) is 0.681. The Bertz CT molecular complexity index is 485. The molecule has 2 heterocycles. The van der Waals surface area contributed by atoms with Crippen LogP contribution >= 0.6 is 11.6 Å². The summed E-state index contributed by atoms with van der Waals surface area (Å²) < 4.78 is 0. The van der Waals surface area contributed by atoms with Crippen molar-refractivity contribution in [2.75, 3.05) is 5.43 Å². The monoisotopic (exact) mass is 238 g/mol. The molecule has 1 amide bonds. The second-order valence-corrected chi connectivity index (χ2v) is 3.18. The first-order valence-corrected chi connectivity index (χ1v) is 4.68. The minimum Gasteiger partial charge on any atom is -0.280 e. The van der Waals surface area contributed by atoms with Gasteiger partial charge in [-0.25, -0.2) is 4.98 Å². The van der Waals surface area contributed by atoms with Gasteiger partial charge in [-0.1, -0.05) is 11.6 Å². The van der Waals surface area contributed by atoms with Gasteiger partial charge in [0.2, 0.25) is 0 Å². The molecule has 82 valence electrons. The number of nitrogens with one attached hydrogen (secondary N) is 3. The van der Waals surface area contributed by atoms with Gasteiger partial charge < -0.3 is 0 Å². The van der Waals surface area contributed by atoms with E-state index in [0.717, 1.165) is 0 Å². The number of carbonyl (C=O) groups is 1. The van der Waals surface area contributed by atoms with Crippen molar-refractivity contribution in [1.82, 2.24) is 25.8 Å². The normalized spacial score (nSPS) is 9.81. The van der Waals surface area contributed by atoms with Gasteiger partial charge in [0.05, 0.1) is 11.2 Å². The smallest absolute Gasteiger partial charge is 0.280 e. The van der Waals surface area contributed by atoms with Crippen LogP contribution in [0, 0.1) is 0 Å². The van der Waals surface area contributed by atoms with Gasteiger partial charge in [-0.15, -0.1) is 0 Å². The fourth-order valence-corrected chi connectivity index (χ4v) is 1.14. The third-order valence-electron chi connectivity index (χ3n) is 1.70. The van der Waals surface area contributed by atoms with E-state index in [1.165, 1.54) is 6.20 Å². The van der Waals surface area contributed by atoms with Crippen LogP contribution in [0.1, 0.15) is 10.5 Å². The van der Waals surface area contributed by atoms with Gasteiger partial charge in [-0.05, 0) is 12.1 Å². The van der Waals surface area contributed by atoms with Crippen LogP contribution in [0.3, 0.4) is 0 Å². The molecule has 0 bridgehead atoms. The van der Waals surface area contributed by atoms with Crippen molar-refractivity contribution < 1.29 is 4.79 Å². The van der Waals surface area contributed by atoms with Crippen molar-refractivity contribution in [3.05, 3.63) is 35.2 Å². The van der Waals surface area contributed by atoms with Crippen LogP contribution in [0.4, 0.5) is 5.82 Å². The van der Waals surface area contributed by atoms with Gasteiger partial charge in [-0.2, -0.15) is 15.4 Å². The maximum Gasteiger partial charge on any atom is 0.291 e. The molecule has 0 aromatic carbocycles. The largest absolute Gasteiger partial charge is 0.291 e. The fraction of sp³-hybridized carbons (Fsp3) is 0. The van der Waals surface area contributed by atoms with Gasteiger partial charge in [0.1, 0.15) is 0 Å². The highest BCUT2D eigenvalue weighted by Crippen LogP contribution is 2.15. The second-order valence-electron chi connectivity index (χ2n) is 2.77. The highest BCUT2D eigenvalue weighted by Gasteiger charge is 2.08. The second kappa shape index (κ2) is 4.58. The Morgan fingerprint density at radius 3 is 3.06 bits per heavy atom. The van der Waals surface area contributed by atoms with E-state index in [4.69, 9.17) is 11.6 Å². The highest BCUT2D eigenvalue weighted by molar-refractivity contribution is 6.32. The van der Waals surface area contributed by atoms with Crippen LogP contribution in [0.2, 0.25) is 5.02 Å². The predicted octanol–water partition coefficient (Wildman–Crippen LogP) is 0.610. The van der Waals surface area contributed by atoms with Crippen LogP contribution in [0.15, 0.2) is 24.5 Å². The summed E-state index contributed by atoms with van der Waals surface area (Å²) in [4.78, 5) is 15.4. The summed E-state index contributed by atoms with van der Waals surface area (Å²) in [5.41, 5.74) is 5.13. The number of aromatic amines is 1. The lowest BCUT2D eigenvalue weighted by Gasteiger charge is -2.06. The van der Waals surface area contributed by atoms with E-state index < -0.39 is 5.91 Å². The first kappa shape index (κ1) is 10.4. The molecule has 0 spiro atoms. The maximum absolute atomic E-state index is 11.4. The Balaban J connectivity index is 1.98. The third kappa shape index (κ3) is 2.26. The number of hydrogen-bond acceptors (Lipinski definition) is 5. The molecule has 0 fully saturated rings. The zero-order valence-electron chi connectivity index (χ0n) is 7.94. The number of aromatic nitrogens is 4. The van der Waals surface area contributed by atoms with Crippen LogP contribution in [-0.4, -0.2) is 26.3 Å². The standard InChI is InChI=1S/C8H7ClN6O/c9-5-2-1-3-10-7(5)13-14-8(16)6-4-11-15-12-6/h1-4H,(H,10,13)(H,14,16)(H,11,12,15). The molecule has 0 radical (unpaired) electrons. The molecule has 0 aliphatic rings. The molecule has 0 aliphatic carbocycles. The van der Waals surface area contributed by atoms with E-state index in [2.05, 4.69) is 31.2 Å². The van der Waals surface area contributed by atoms with Crippen molar-refractivity contribution >= 4 is 23.3 Å². The number of hydrazine groups is 1. The number of amides is 1.